The number of aliphatic imine (C=N–C) groups is 1. The Morgan fingerprint density at radius 2 is 2.11 bits per heavy atom. The van der Waals surface area contributed by atoms with Crippen molar-refractivity contribution in [3.63, 3.8) is 0 Å². The van der Waals surface area contributed by atoms with Crippen LogP contribution >= 0.6 is 0 Å². The van der Waals surface area contributed by atoms with Crippen LogP contribution in [0.3, 0.4) is 0 Å². The van der Waals surface area contributed by atoms with Crippen LogP contribution in [-0.4, -0.2) is 73.5 Å². The molecule has 2 atom stereocenters. The van der Waals surface area contributed by atoms with Crippen molar-refractivity contribution in [2.24, 2.45) is 4.99 Å². The van der Waals surface area contributed by atoms with Crippen LogP contribution in [0.25, 0.3) is 0 Å². The summed E-state index contributed by atoms with van der Waals surface area (Å²) >= 11 is 0. The minimum absolute atomic E-state index is 0.0379. The van der Waals surface area contributed by atoms with Crippen molar-refractivity contribution in [2.45, 2.75) is 57.7 Å². The summed E-state index contributed by atoms with van der Waals surface area (Å²) in [5.41, 5.74) is 1.87. The van der Waals surface area contributed by atoms with Crippen molar-refractivity contribution < 1.29 is 4.79 Å². The fourth-order valence-electron chi connectivity index (χ4n) is 4.00. The molecule has 2 unspecified atom stereocenters. The highest BCUT2D eigenvalue weighted by Gasteiger charge is 2.38. The molecule has 1 aromatic carbocycles. The Hall–Kier alpha value is -2.08. The number of rotatable bonds is 7. The lowest BCUT2D eigenvalue weighted by Crippen LogP contribution is -2.44. The lowest BCUT2D eigenvalue weighted by Gasteiger charge is -2.20. The summed E-state index contributed by atoms with van der Waals surface area (Å²) in [5.74, 6) is 0.939. The lowest BCUT2D eigenvalue weighted by molar-refractivity contribution is 0.0827. The molecule has 0 radical (unpaired) electrons. The number of nitrogens with one attached hydrogen (secondary N) is 2. The fraction of sp³-hybridized carbons (Fsp3) is 0.636. The van der Waals surface area contributed by atoms with Gasteiger partial charge in [-0.3, -0.25) is 14.7 Å². The molecule has 3 rings (SSSR count). The number of hydrogen-bond donors (Lipinski definition) is 2. The van der Waals surface area contributed by atoms with Crippen LogP contribution < -0.4 is 10.6 Å². The summed E-state index contributed by atoms with van der Waals surface area (Å²) < 4.78 is 0. The first-order chi connectivity index (χ1) is 13.5. The second-order valence-electron chi connectivity index (χ2n) is 8.26. The van der Waals surface area contributed by atoms with Crippen LogP contribution in [0.4, 0.5) is 0 Å². The molecule has 2 fully saturated rings. The van der Waals surface area contributed by atoms with Gasteiger partial charge in [-0.1, -0.05) is 12.1 Å². The molecule has 28 heavy (non-hydrogen) atoms. The van der Waals surface area contributed by atoms with E-state index in [-0.39, 0.29) is 5.91 Å². The molecule has 2 N–H and O–H groups in total. The quantitative estimate of drug-likeness (QED) is 0.558. The van der Waals surface area contributed by atoms with Crippen molar-refractivity contribution in [1.82, 2.24) is 20.4 Å². The van der Waals surface area contributed by atoms with Gasteiger partial charge in [0.1, 0.15) is 0 Å². The van der Waals surface area contributed by atoms with E-state index in [1.807, 2.05) is 18.2 Å². The maximum Gasteiger partial charge on any atom is 0.253 e. The maximum atomic E-state index is 12.1. The molecular weight excluding hydrogens is 350 g/mol. The van der Waals surface area contributed by atoms with E-state index in [4.69, 9.17) is 4.99 Å². The van der Waals surface area contributed by atoms with E-state index in [1.165, 1.54) is 19.3 Å². The van der Waals surface area contributed by atoms with E-state index < -0.39 is 0 Å². The van der Waals surface area contributed by atoms with Crippen LogP contribution in [0.1, 0.15) is 49.0 Å². The highest BCUT2D eigenvalue weighted by molar-refractivity contribution is 5.94. The molecule has 1 saturated heterocycles. The molecule has 1 aliphatic heterocycles. The van der Waals surface area contributed by atoms with E-state index in [2.05, 4.69) is 35.4 Å². The lowest BCUT2D eigenvalue weighted by atomic mass is 10.1. The van der Waals surface area contributed by atoms with Gasteiger partial charge in [-0.25, -0.2) is 0 Å². The van der Waals surface area contributed by atoms with E-state index in [0.717, 1.165) is 42.6 Å². The SMILES string of the molecule is CCNC(=NCCc1cccc(C(=O)N(C)C)c1)NC1CC(C)N(C2CC2)C1. The number of likely N-dealkylation sites (tertiary alicyclic amines) is 1. The summed E-state index contributed by atoms with van der Waals surface area (Å²) in [6, 6.07) is 9.80. The number of hydrogen-bond acceptors (Lipinski definition) is 3. The number of guanidine groups is 1. The minimum atomic E-state index is 0.0379. The molecule has 6 nitrogen and oxygen atoms in total. The predicted molar refractivity (Wildman–Crippen MR) is 115 cm³/mol. The Bertz CT molecular complexity index is 698. The number of amides is 1. The van der Waals surface area contributed by atoms with Crippen molar-refractivity contribution in [3.8, 4) is 0 Å². The van der Waals surface area contributed by atoms with Crippen molar-refractivity contribution in [3.05, 3.63) is 35.4 Å². The van der Waals surface area contributed by atoms with Gasteiger partial charge in [0.05, 0.1) is 0 Å². The average Bonchev–Trinajstić information content (AvgIpc) is 3.44. The maximum absolute atomic E-state index is 12.1. The van der Waals surface area contributed by atoms with Gasteiger partial charge in [0.15, 0.2) is 5.96 Å². The number of nitrogens with zero attached hydrogens (tertiary/aromatic N) is 3. The van der Waals surface area contributed by atoms with Gasteiger partial charge in [0.25, 0.3) is 5.91 Å². The smallest absolute Gasteiger partial charge is 0.253 e. The molecule has 2 aliphatic rings. The van der Waals surface area contributed by atoms with E-state index in [0.29, 0.717) is 18.6 Å². The summed E-state index contributed by atoms with van der Waals surface area (Å²) in [5, 5.41) is 7.00. The molecule has 1 heterocycles. The van der Waals surface area contributed by atoms with Crippen molar-refractivity contribution in [1.29, 1.82) is 0 Å². The van der Waals surface area contributed by atoms with Crippen LogP contribution in [-0.2, 0) is 6.42 Å². The summed E-state index contributed by atoms with van der Waals surface area (Å²) in [6.45, 7) is 7.11. The fourth-order valence-corrected chi connectivity index (χ4v) is 4.00. The number of carbonyl (C=O) groups excluding carboxylic acids is 1. The summed E-state index contributed by atoms with van der Waals surface area (Å²) in [4.78, 5) is 21.2. The van der Waals surface area contributed by atoms with Gasteiger partial charge in [0, 0.05) is 57.4 Å². The number of carbonyl (C=O) groups is 1. The zero-order valence-corrected chi connectivity index (χ0v) is 17.7. The van der Waals surface area contributed by atoms with Crippen molar-refractivity contribution >= 4 is 11.9 Å². The zero-order chi connectivity index (χ0) is 20.1. The second-order valence-corrected chi connectivity index (χ2v) is 8.26. The number of benzene rings is 1. The first-order valence-electron chi connectivity index (χ1n) is 10.6. The Morgan fingerprint density at radius 1 is 1.32 bits per heavy atom. The molecule has 154 valence electrons. The summed E-state index contributed by atoms with van der Waals surface area (Å²) in [7, 11) is 3.56. The zero-order valence-electron chi connectivity index (χ0n) is 17.7. The molecule has 0 spiro atoms. The third kappa shape index (κ3) is 5.47. The monoisotopic (exact) mass is 385 g/mol. The van der Waals surface area contributed by atoms with Gasteiger partial charge < -0.3 is 15.5 Å². The van der Waals surface area contributed by atoms with Crippen LogP contribution in [0.15, 0.2) is 29.3 Å². The van der Waals surface area contributed by atoms with E-state index in [1.54, 1.807) is 19.0 Å². The first kappa shape index (κ1) is 20.6. The topological polar surface area (TPSA) is 60.0 Å². The van der Waals surface area contributed by atoms with Crippen molar-refractivity contribution in [2.75, 3.05) is 33.7 Å². The molecule has 1 saturated carbocycles. The molecule has 1 aromatic rings. The van der Waals surface area contributed by atoms with Gasteiger partial charge in [0.2, 0.25) is 0 Å². The van der Waals surface area contributed by atoms with Crippen LogP contribution in [0.5, 0.6) is 0 Å². The van der Waals surface area contributed by atoms with Crippen LogP contribution in [0.2, 0.25) is 0 Å². The van der Waals surface area contributed by atoms with Gasteiger partial charge >= 0.3 is 0 Å². The molecule has 1 aliphatic carbocycles. The van der Waals surface area contributed by atoms with Crippen LogP contribution in [0, 0.1) is 0 Å². The van der Waals surface area contributed by atoms with E-state index >= 15 is 0 Å². The van der Waals surface area contributed by atoms with Gasteiger partial charge in [-0.15, -0.1) is 0 Å². The third-order valence-corrected chi connectivity index (χ3v) is 5.57. The first-order valence-corrected chi connectivity index (χ1v) is 10.6. The highest BCUT2D eigenvalue weighted by Crippen LogP contribution is 2.33. The molecule has 6 heteroatoms. The predicted octanol–water partition coefficient (Wildman–Crippen LogP) is 2.11. The normalized spacial score (nSPS) is 22.9. The van der Waals surface area contributed by atoms with Gasteiger partial charge in [-0.05, 0) is 57.2 Å². The Labute approximate surface area is 169 Å². The molecule has 1 amide bonds. The Balaban J connectivity index is 1.54. The Kier molecular flexibility index (Phi) is 6.94. The molecular formula is C22H35N5O. The molecule has 0 bridgehead atoms. The minimum Gasteiger partial charge on any atom is -0.357 e. The largest absolute Gasteiger partial charge is 0.357 e. The standard InChI is InChI=1S/C22H35N5O/c1-5-23-22(25-19-13-16(2)27(15-19)20-9-10-20)24-12-11-17-7-6-8-18(14-17)21(28)26(3)4/h6-8,14,16,19-20H,5,9-13,15H2,1-4H3,(H2,23,24,25). The van der Waals surface area contributed by atoms with Gasteiger partial charge in [-0.2, -0.15) is 0 Å². The average molecular weight is 386 g/mol. The molecule has 0 aromatic heterocycles. The Morgan fingerprint density at radius 3 is 2.79 bits per heavy atom. The summed E-state index contributed by atoms with van der Waals surface area (Å²) in [6.07, 6.45) is 4.72. The van der Waals surface area contributed by atoms with E-state index in [9.17, 15) is 4.79 Å². The third-order valence-electron chi connectivity index (χ3n) is 5.57. The second kappa shape index (κ2) is 9.41. The highest BCUT2D eigenvalue weighted by atomic mass is 16.2.